The minimum Gasteiger partial charge on any atom is -0.497 e. The van der Waals surface area contributed by atoms with Crippen LogP contribution in [0.2, 0.25) is 5.02 Å². The van der Waals surface area contributed by atoms with E-state index in [0.29, 0.717) is 33.9 Å². The lowest BCUT2D eigenvalue weighted by Crippen LogP contribution is -2.23. The largest absolute Gasteiger partial charge is 0.497 e. The summed E-state index contributed by atoms with van der Waals surface area (Å²) in [5.41, 5.74) is 2.34. The molecule has 2 heterocycles. The van der Waals surface area contributed by atoms with Gasteiger partial charge >= 0.3 is 0 Å². The van der Waals surface area contributed by atoms with Gasteiger partial charge < -0.3 is 9.30 Å². The number of aromatic amines is 1. The standard InChI is InChI=1S/C21H18ClN3O3/c1-13-20-18(23-25(21(20)27)16-7-5-15(22)6-8-16)11-19(26)24(13)12-14-3-9-17(28-2)10-4-14/h3-11,23H,12H2,1-2H3. The second-order valence-corrected chi connectivity index (χ2v) is 6.96. The molecule has 0 unspecified atom stereocenters. The van der Waals surface area contributed by atoms with Gasteiger partial charge in [-0.1, -0.05) is 23.7 Å². The molecule has 1 N–H and O–H groups in total. The average Bonchev–Trinajstić information content (AvgIpc) is 3.02. The molecule has 0 saturated carbocycles. The van der Waals surface area contributed by atoms with E-state index in [0.717, 1.165) is 11.3 Å². The molecule has 28 heavy (non-hydrogen) atoms. The van der Waals surface area contributed by atoms with Crippen LogP contribution in [0.4, 0.5) is 0 Å². The smallest absolute Gasteiger partial charge is 0.280 e. The average molecular weight is 396 g/mol. The molecular formula is C21H18ClN3O3. The molecule has 2 aromatic carbocycles. The summed E-state index contributed by atoms with van der Waals surface area (Å²) in [6.45, 7) is 2.16. The number of nitrogens with zero attached hydrogens (tertiary/aromatic N) is 2. The van der Waals surface area contributed by atoms with Crippen molar-refractivity contribution in [1.29, 1.82) is 0 Å². The fourth-order valence-corrected chi connectivity index (χ4v) is 3.42. The first-order chi connectivity index (χ1) is 13.5. The summed E-state index contributed by atoms with van der Waals surface area (Å²) >= 11 is 5.93. The van der Waals surface area contributed by atoms with Crippen molar-refractivity contribution in [3.05, 3.63) is 91.6 Å². The number of hydrogen-bond acceptors (Lipinski definition) is 3. The van der Waals surface area contributed by atoms with Crippen LogP contribution in [0.15, 0.2) is 64.2 Å². The number of ether oxygens (including phenoxy) is 1. The van der Waals surface area contributed by atoms with Crippen molar-refractivity contribution >= 4 is 22.5 Å². The lowest BCUT2D eigenvalue weighted by Gasteiger charge is -2.10. The van der Waals surface area contributed by atoms with Crippen molar-refractivity contribution in [3.63, 3.8) is 0 Å². The Morgan fingerprint density at radius 3 is 2.36 bits per heavy atom. The van der Waals surface area contributed by atoms with E-state index in [1.165, 1.54) is 10.7 Å². The summed E-state index contributed by atoms with van der Waals surface area (Å²) in [7, 11) is 1.61. The number of rotatable bonds is 4. The van der Waals surface area contributed by atoms with Gasteiger partial charge in [-0.2, -0.15) is 0 Å². The number of aryl methyl sites for hydroxylation is 1. The maximum atomic E-state index is 13.0. The third-order valence-electron chi connectivity index (χ3n) is 4.80. The topological polar surface area (TPSA) is 69.0 Å². The minimum absolute atomic E-state index is 0.176. The third-order valence-corrected chi connectivity index (χ3v) is 5.06. The van der Waals surface area contributed by atoms with Gasteiger partial charge in [-0.3, -0.25) is 14.7 Å². The number of fused-ring (bicyclic) bond motifs is 1. The molecule has 0 saturated heterocycles. The molecule has 0 aliphatic carbocycles. The van der Waals surface area contributed by atoms with Crippen LogP contribution in [0, 0.1) is 6.92 Å². The van der Waals surface area contributed by atoms with Crippen molar-refractivity contribution in [2.45, 2.75) is 13.5 Å². The van der Waals surface area contributed by atoms with Gasteiger partial charge in [0.2, 0.25) is 0 Å². The first kappa shape index (κ1) is 18.1. The number of hydrogen-bond donors (Lipinski definition) is 1. The zero-order chi connectivity index (χ0) is 19.8. The van der Waals surface area contributed by atoms with Crippen LogP contribution in [-0.2, 0) is 6.54 Å². The van der Waals surface area contributed by atoms with E-state index in [1.54, 1.807) is 42.9 Å². The van der Waals surface area contributed by atoms with Crippen molar-refractivity contribution in [1.82, 2.24) is 14.3 Å². The molecular weight excluding hydrogens is 378 g/mol. The monoisotopic (exact) mass is 395 g/mol. The summed E-state index contributed by atoms with van der Waals surface area (Å²) in [6, 6.07) is 15.9. The summed E-state index contributed by atoms with van der Waals surface area (Å²) in [6.07, 6.45) is 0. The van der Waals surface area contributed by atoms with Crippen molar-refractivity contribution in [3.8, 4) is 11.4 Å². The van der Waals surface area contributed by atoms with Crippen LogP contribution in [-0.4, -0.2) is 21.5 Å². The maximum Gasteiger partial charge on any atom is 0.280 e. The minimum atomic E-state index is -0.210. The fourth-order valence-electron chi connectivity index (χ4n) is 3.29. The molecule has 4 aromatic rings. The van der Waals surface area contributed by atoms with E-state index in [2.05, 4.69) is 5.10 Å². The number of H-pyrrole nitrogens is 1. The van der Waals surface area contributed by atoms with Crippen LogP contribution in [0.1, 0.15) is 11.3 Å². The van der Waals surface area contributed by atoms with E-state index in [1.807, 2.05) is 24.3 Å². The van der Waals surface area contributed by atoms with E-state index < -0.39 is 0 Å². The highest BCUT2D eigenvalue weighted by Crippen LogP contribution is 2.17. The van der Waals surface area contributed by atoms with Crippen molar-refractivity contribution in [2.24, 2.45) is 0 Å². The number of methoxy groups -OCH3 is 1. The molecule has 0 bridgehead atoms. The molecule has 7 heteroatoms. The Labute approximate surface area is 165 Å². The van der Waals surface area contributed by atoms with Gasteiger partial charge in [-0.05, 0) is 48.9 Å². The molecule has 0 atom stereocenters. The molecule has 6 nitrogen and oxygen atoms in total. The van der Waals surface area contributed by atoms with E-state index in [9.17, 15) is 9.59 Å². The number of nitrogens with one attached hydrogen (secondary N) is 1. The molecule has 0 radical (unpaired) electrons. The molecule has 0 aliphatic heterocycles. The molecule has 0 aliphatic rings. The van der Waals surface area contributed by atoms with Gasteiger partial charge in [0, 0.05) is 16.8 Å². The van der Waals surface area contributed by atoms with Crippen LogP contribution in [0.25, 0.3) is 16.6 Å². The first-order valence-electron chi connectivity index (χ1n) is 8.72. The number of benzene rings is 2. The maximum absolute atomic E-state index is 13.0. The van der Waals surface area contributed by atoms with Crippen LogP contribution in [0.5, 0.6) is 5.75 Å². The van der Waals surface area contributed by atoms with Crippen molar-refractivity contribution < 1.29 is 4.74 Å². The zero-order valence-corrected chi connectivity index (χ0v) is 16.2. The van der Waals surface area contributed by atoms with Gasteiger partial charge in [-0.25, -0.2) is 4.68 Å². The predicted molar refractivity (Wildman–Crippen MR) is 110 cm³/mol. The predicted octanol–water partition coefficient (Wildman–Crippen LogP) is 3.50. The van der Waals surface area contributed by atoms with Crippen molar-refractivity contribution in [2.75, 3.05) is 7.11 Å². The molecule has 0 spiro atoms. The second kappa shape index (κ2) is 7.05. The highest BCUT2D eigenvalue weighted by atomic mass is 35.5. The third kappa shape index (κ3) is 3.12. The second-order valence-electron chi connectivity index (χ2n) is 6.52. The molecule has 0 fully saturated rings. The zero-order valence-electron chi connectivity index (χ0n) is 15.4. The quantitative estimate of drug-likeness (QED) is 0.575. The number of pyridine rings is 1. The van der Waals surface area contributed by atoms with Crippen LogP contribution < -0.4 is 15.9 Å². The lowest BCUT2D eigenvalue weighted by atomic mass is 10.2. The first-order valence-corrected chi connectivity index (χ1v) is 9.10. The summed E-state index contributed by atoms with van der Waals surface area (Å²) in [5.74, 6) is 0.750. The molecule has 4 rings (SSSR count). The normalized spacial score (nSPS) is 11.1. The van der Waals surface area contributed by atoms with E-state index >= 15 is 0 Å². The van der Waals surface area contributed by atoms with Gasteiger partial charge in [-0.15, -0.1) is 0 Å². The highest BCUT2D eigenvalue weighted by Gasteiger charge is 2.15. The van der Waals surface area contributed by atoms with Crippen LogP contribution in [0.3, 0.4) is 0 Å². The summed E-state index contributed by atoms with van der Waals surface area (Å²) in [4.78, 5) is 25.7. The summed E-state index contributed by atoms with van der Waals surface area (Å²) < 4.78 is 8.19. The van der Waals surface area contributed by atoms with Gasteiger partial charge in [0.1, 0.15) is 5.75 Å². The molecule has 0 amide bonds. The van der Waals surface area contributed by atoms with E-state index in [4.69, 9.17) is 16.3 Å². The SMILES string of the molecule is COc1ccc(Cn2c(C)c3c(=O)n(-c4ccc(Cl)cc4)[nH]c3cc2=O)cc1. The van der Waals surface area contributed by atoms with Gasteiger partial charge in [0.05, 0.1) is 30.2 Å². The number of aromatic nitrogens is 3. The Balaban J connectivity index is 1.83. The molecule has 142 valence electrons. The van der Waals surface area contributed by atoms with Gasteiger partial charge in [0.25, 0.3) is 11.1 Å². The Morgan fingerprint density at radius 1 is 1.04 bits per heavy atom. The Kier molecular flexibility index (Phi) is 4.57. The fraction of sp³-hybridized carbons (Fsp3) is 0.143. The van der Waals surface area contributed by atoms with Gasteiger partial charge in [0.15, 0.2) is 0 Å². The summed E-state index contributed by atoms with van der Waals surface area (Å²) in [5, 5.41) is 4.09. The van der Waals surface area contributed by atoms with Crippen LogP contribution >= 0.6 is 11.6 Å². The van der Waals surface area contributed by atoms with E-state index in [-0.39, 0.29) is 11.1 Å². The Hall–Kier alpha value is -3.25. The molecule has 2 aromatic heterocycles. The Bertz CT molecular complexity index is 1270. The highest BCUT2D eigenvalue weighted by molar-refractivity contribution is 6.30. The Morgan fingerprint density at radius 2 is 1.71 bits per heavy atom. The lowest BCUT2D eigenvalue weighted by molar-refractivity contribution is 0.414. The number of halogens is 1.